The highest BCUT2D eigenvalue weighted by molar-refractivity contribution is 6.02. The maximum absolute atomic E-state index is 13.3. The topological polar surface area (TPSA) is 222 Å². The lowest BCUT2D eigenvalue weighted by Gasteiger charge is -2.51. The van der Waals surface area contributed by atoms with Gasteiger partial charge in [-0.05, 0) is 12.1 Å². The summed E-state index contributed by atoms with van der Waals surface area (Å²) in [5.41, 5.74) is -1.79. The minimum atomic E-state index is -2.73. The standard InChI is InChI=1S/C23H30N8O8/c1-37-12-6-10(7-13(38-2)17(12)39-3)19(34)27-14-9-31-21(25)26-11(8-30-15(32)4-5-16(30)33)18-22(31,23(14,35)36)29-20(24)28-18/h6-7,11,14,18,35-36H,4-5,8-9H2,1-3H3,(H2,25,26)(H,27,34)(H3,24,28,29)/t11-,14?,18?,22?/m0/s1. The van der Waals surface area contributed by atoms with Gasteiger partial charge in [0.2, 0.25) is 23.4 Å². The third-order valence-corrected chi connectivity index (χ3v) is 7.66. The second-order valence-electron chi connectivity index (χ2n) is 9.66. The van der Waals surface area contributed by atoms with Gasteiger partial charge in [-0.1, -0.05) is 0 Å². The van der Waals surface area contributed by atoms with Crippen LogP contribution < -0.4 is 35.5 Å². The van der Waals surface area contributed by atoms with Gasteiger partial charge in [-0.3, -0.25) is 30.1 Å². The molecule has 5 rings (SSSR count). The maximum atomic E-state index is 13.3. The minimum absolute atomic E-state index is 0.0748. The molecular weight excluding hydrogens is 516 g/mol. The molecule has 8 N–H and O–H groups in total. The fraction of sp³-hybridized carbons (Fsp3) is 0.522. The number of hydrogen-bond donors (Lipinski definition) is 8. The van der Waals surface area contributed by atoms with E-state index in [1.807, 2.05) is 0 Å². The molecule has 0 bridgehead atoms. The summed E-state index contributed by atoms with van der Waals surface area (Å²) in [5.74, 6) is -3.93. The zero-order valence-electron chi connectivity index (χ0n) is 21.5. The third-order valence-electron chi connectivity index (χ3n) is 7.66. The summed E-state index contributed by atoms with van der Waals surface area (Å²) in [6.07, 6.45) is 0.150. The number of hydrogen-bond acceptors (Lipinski definition) is 10. The van der Waals surface area contributed by atoms with Crippen LogP contribution in [0.25, 0.3) is 0 Å². The molecule has 39 heavy (non-hydrogen) atoms. The number of aliphatic hydroxyl groups is 2. The molecule has 1 aromatic carbocycles. The average molecular weight is 547 g/mol. The molecule has 16 heteroatoms. The van der Waals surface area contributed by atoms with Crippen molar-refractivity contribution in [2.75, 3.05) is 34.4 Å². The molecule has 0 aliphatic carbocycles. The molecule has 0 radical (unpaired) electrons. The van der Waals surface area contributed by atoms with E-state index in [1.165, 1.54) is 38.4 Å². The van der Waals surface area contributed by atoms with Crippen molar-refractivity contribution in [1.82, 2.24) is 31.1 Å². The first-order valence-electron chi connectivity index (χ1n) is 12.1. The first-order chi connectivity index (χ1) is 18.5. The number of guanidine groups is 2. The zero-order chi connectivity index (χ0) is 28.3. The van der Waals surface area contributed by atoms with E-state index in [1.54, 1.807) is 0 Å². The molecule has 1 spiro atoms. The Hall–Kier alpha value is -4.31. The Morgan fingerprint density at radius 1 is 1.08 bits per heavy atom. The lowest BCUT2D eigenvalue weighted by atomic mass is 9.84. The predicted molar refractivity (Wildman–Crippen MR) is 132 cm³/mol. The van der Waals surface area contributed by atoms with Gasteiger partial charge in [-0.2, -0.15) is 0 Å². The molecule has 3 amide bonds. The zero-order valence-corrected chi connectivity index (χ0v) is 21.5. The van der Waals surface area contributed by atoms with Crippen LogP contribution in [0.3, 0.4) is 0 Å². The van der Waals surface area contributed by atoms with E-state index in [2.05, 4.69) is 21.3 Å². The molecule has 0 saturated carbocycles. The predicted octanol–water partition coefficient (Wildman–Crippen LogP) is -2.94. The van der Waals surface area contributed by atoms with E-state index < -0.39 is 35.5 Å². The van der Waals surface area contributed by atoms with Crippen LogP contribution in [-0.4, -0.2) is 114 Å². The first-order valence-corrected chi connectivity index (χ1v) is 12.1. The lowest BCUT2D eigenvalue weighted by molar-refractivity contribution is -0.232. The average Bonchev–Trinajstić information content (AvgIpc) is 3.50. The van der Waals surface area contributed by atoms with Gasteiger partial charge in [0.05, 0.1) is 40.0 Å². The third kappa shape index (κ3) is 3.77. The smallest absolute Gasteiger partial charge is 0.252 e. The molecule has 4 heterocycles. The molecule has 4 aliphatic heterocycles. The quantitative estimate of drug-likeness (QED) is 0.127. The molecule has 4 fully saturated rings. The summed E-state index contributed by atoms with van der Waals surface area (Å²) in [6.45, 7) is -0.372. The van der Waals surface area contributed by atoms with Crippen LogP contribution in [0.5, 0.6) is 17.2 Å². The summed E-state index contributed by atoms with van der Waals surface area (Å²) in [6, 6.07) is -0.365. The van der Waals surface area contributed by atoms with Gasteiger partial charge in [0.15, 0.2) is 29.1 Å². The number of likely N-dealkylation sites (tertiary alicyclic amines) is 1. The Balaban J connectivity index is 1.45. The Bertz CT molecular complexity index is 1230. The van der Waals surface area contributed by atoms with Crippen LogP contribution in [0.15, 0.2) is 12.1 Å². The SMILES string of the molecule is COc1cc(C(=O)NC2CN3C(=N)N[C@@H](CN4C(=O)CCC4=O)C4NC(=N)NC43C2(O)O)cc(OC)c1OC. The van der Waals surface area contributed by atoms with Crippen molar-refractivity contribution in [3.8, 4) is 17.2 Å². The van der Waals surface area contributed by atoms with Crippen LogP contribution in [0.2, 0.25) is 0 Å². The summed E-state index contributed by atoms with van der Waals surface area (Å²) in [5, 5.41) is 51.1. The number of imide groups is 1. The van der Waals surface area contributed by atoms with Gasteiger partial charge in [0.25, 0.3) is 5.91 Å². The summed E-state index contributed by atoms with van der Waals surface area (Å²) >= 11 is 0. The molecule has 1 aromatic rings. The molecule has 4 saturated heterocycles. The second-order valence-corrected chi connectivity index (χ2v) is 9.66. The Morgan fingerprint density at radius 2 is 1.69 bits per heavy atom. The van der Waals surface area contributed by atoms with Crippen LogP contribution in [0, 0.1) is 10.8 Å². The summed E-state index contributed by atoms with van der Waals surface area (Å²) in [7, 11) is 4.21. The largest absolute Gasteiger partial charge is 0.493 e. The number of benzene rings is 1. The maximum Gasteiger partial charge on any atom is 0.252 e. The lowest BCUT2D eigenvalue weighted by Crippen LogP contribution is -2.81. The molecule has 4 atom stereocenters. The fourth-order valence-electron chi connectivity index (χ4n) is 5.81. The minimum Gasteiger partial charge on any atom is -0.493 e. The van der Waals surface area contributed by atoms with Crippen molar-refractivity contribution in [2.45, 2.75) is 42.4 Å². The molecule has 210 valence electrons. The Labute approximate surface area is 222 Å². The van der Waals surface area contributed by atoms with E-state index in [0.29, 0.717) is 0 Å². The van der Waals surface area contributed by atoms with E-state index >= 15 is 0 Å². The molecule has 0 aromatic heterocycles. The van der Waals surface area contributed by atoms with Gasteiger partial charge >= 0.3 is 0 Å². The van der Waals surface area contributed by atoms with Crippen LogP contribution in [-0.2, 0) is 9.59 Å². The summed E-state index contributed by atoms with van der Waals surface area (Å²) in [4.78, 5) is 40.2. The number of carbonyl (C=O) groups is 3. The molecular formula is C23H30N8O8. The van der Waals surface area contributed by atoms with Crippen molar-refractivity contribution in [3.05, 3.63) is 17.7 Å². The van der Waals surface area contributed by atoms with Crippen LogP contribution >= 0.6 is 0 Å². The number of amides is 3. The Morgan fingerprint density at radius 3 is 2.26 bits per heavy atom. The monoisotopic (exact) mass is 546 g/mol. The Kier molecular flexibility index (Phi) is 6.18. The van der Waals surface area contributed by atoms with Gasteiger partial charge in [0, 0.05) is 24.9 Å². The van der Waals surface area contributed by atoms with Crippen molar-refractivity contribution in [3.63, 3.8) is 0 Å². The van der Waals surface area contributed by atoms with Crippen molar-refractivity contribution >= 4 is 29.6 Å². The number of nitrogens with one attached hydrogen (secondary N) is 6. The number of methoxy groups -OCH3 is 3. The van der Waals surface area contributed by atoms with Crippen molar-refractivity contribution < 1.29 is 38.8 Å². The van der Waals surface area contributed by atoms with Crippen molar-refractivity contribution in [1.29, 1.82) is 10.8 Å². The van der Waals surface area contributed by atoms with E-state index in [9.17, 15) is 24.6 Å². The highest BCUT2D eigenvalue weighted by atomic mass is 16.5. The van der Waals surface area contributed by atoms with Crippen LogP contribution in [0.1, 0.15) is 23.2 Å². The highest BCUT2D eigenvalue weighted by Crippen LogP contribution is 2.43. The second kappa shape index (κ2) is 9.16. The fourth-order valence-corrected chi connectivity index (χ4v) is 5.81. The number of nitrogens with zero attached hydrogens (tertiary/aromatic N) is 2. The number of ether oxygens (including phenoxy) is 3. The van der Waals surface area contributed by atoms with Gasteiger partial charge in [0.1, 0.15) is 6.04 Å². The number of rotatable bonds is 7. The van der Waals surface area contributed by atoms with Crippen molar-refractivity contribution in [2.24, 2.45) is 0 Å². The van der Waals surface area contributed by atoms with E-state index in [-0.39, 0.29) is 72.5 Å². The number of carbonyl (C=O) groups excluding carboxylic acids is 3. The van der Waals surface area contributed by atoms with Gasteiger partial charge < -0.3 is 50.6 Å². The molecule has 4 aliphatic rings. The van der Waals surface area contributed by atoms with Gasteiger partial charge in [-0.25, -0.2) is 0 Å². The van der Waals surface area contributed by atoms with Crippen LogP contribution in [0.4, 0.5) is 0 Å². The van der Waals surface area contributed by atoms with E-state index in [4.69, 9.17) is 25.0 Å². The van der Waals surface area contributed by atoms with E-state index in [0.717, 1.165) is 4.90 Å². The normalized spacial score (nSPS) is 28.8. The molecule has 16 nitrogen and oxygen atoms in total. The van der Waals surface area contributed by atoms with Gasteiger partial charge in [-0.15, -0.1) is 0 Å². The first kappa shape index (κ1) is 26.3. The highest BCUT2D eigenvalue weighted by Gasteiger charge is 2.74. The summed E-state index contributed by atoms with van der Waals surface area (Å²) < 4.78 is 15.9. The molecule has 3 unspecified atom stereocenters.